The molecule has 0 spiro atoms. The molecule has 5 atom stereocenters. The molecule has 1 saturated carbocycles. The van der Waals surface area contributed by atoms with Crippen LogP contribution in [0.1, 0.15) is 57.9 Å². The first-order valence-corrected chi connectivity index (χ1v) is 10.7. The summed E-state index contributed by atoms with van der Waals surface area (Å²) in [5.41, 5.74) is 1.23. The second kappa shape index (κ2) is 12.0. The first kappa shape index (κ1) is 22.6. The van der Waals surface area contributed by atoms with Crippen molar-refractivity contribution in [3.8, 4) is 0 Å². The predicted molar refractivity (Wildman–Crippen MR) is 115 cm³/mol. The molecule has 0 aromatic heterocycles. The number of carbonyl (C=O) groups is 1. The van der Waals surface area contributed by atoms with E-state index in [1.54, 1.807) is 6.92 Å². The number of aryl methyl sites for hydroxylation is 1. The molecule has 0 bridgehead atoms. The van der Waals surface area contributed by atoms with Crippen molar-refractivity contribution < 1.29 is 15.0 Å². The second-order valence-electron chi connectivity index (χ2n) is 8.30. The second-order valence-corrected chi connectivity index (χ2v) is 8.30. The van der Waals surface area contributed by atoms with Gasteiger partial charge in [-0.25, -0.2) is 0 Å². The summed E-state index contributed by atoms with van der Waals surface area (Å²) in [5.74, 6) is 1.21. The smallest absolute Gasteiger partial charge is 0.129 e. The van der Waals surface area contributed by atoms with E-state index in [4.69, 9.17) is 0 Å². The van der Waals surface area contributed by atoms with Gasteiger partial charge in [0, 0.05) is 12.3 Å². The highest BCUT2D eigenvalue weighted by Crippen LogP contribution is 2.40. The molecular weight excluding hydrogens is 348 g/mol. The van der Waals surface area contributed by atoms with E-state index in [1.807, 2.05) is 30.4 Å². The van der Waals surface area contributed by atoms with E-state index < -0.39 is 6.10 Å². The summed E-state index contributed by atoms with van der Waals surface area (Å²) in [5, 5.41) is 20.8. The van der Waals surface area contributed by atoms with Gasteiger partial charge in [0.1, 0.15) is 5.78 Å². The monoisotopic (exact) mass is 384 g/mol. The largest absolute Gasteiger partial charge is 0.392 e. The number of hydrogen-bond donors (Lipinski definition) is 2. The number of carbonyl (C=O) groups excluding carboxylic acids is 1. The zero-order valence-corrected chi connectivity index (χ0v) is 17.3. The molecule has 3 nitrogen and oxygen atoms in total. The zero-order valence-electron chi connectivity index (χ0n) is 17.3. The van der Waals surface area contributed by atoms with Gasteiger partial charge in [0.2, 0.25) is 0 Å². The van der Waals surface area contributed by atoms with Crippen molar-refractivity contribution in [1.82, 2.24) is 0 Å². The highest BCUT2D eigenvalue weighted by atomic mass is 16.3. The van der Waals surface area contributed by atoms with Gasteiger partial charge in [0.25, 0.3) is 0 Å². The van der Waals surface area contributed by atoms with E-state index in [-0.39, 0.29) is 17.8 Å². The Hall–Kier alpha value is -1.71. The van der Waals surface area contributed by atoms with Gasteiger partial charge in [-0.15, -0.1) is 0 Å². The van der Waals surface area contributed by atoms with Crippen LogP contribution in [0.4, 0.5) is 0 Å². The number of aliphatic hydroxyl groups excluding tert-OH is 2. The summed E-state index contributed by atoms with van der Waals surface area (Å²) in [4.78, 5) is 11.0. The minimum absolute atomic E-state index is 0.100. The number of allylic oxidation sites excluding steroid dienone is 2. The molecule has 3 heteroatoms. The molecule has 0 radical (unpaired) electrons. The van der Waals surface area contributed by atoms with Crippen LogP contribution in [-0.2, 0) is 11.2 Å². The number of ketones is 1. The molecule has 0 aliphatic heterocycles. The van der Waals surface area contributed by atoms with Crippen LogP contribution >= 0.6 is 0 Å². The van der Waals surface area contributed by atoms with Crippen molar-refractivity contribution in [2.45, 2.75) is 71.0 Å². The SMILES string of the molecule is CC(=O)CCC/C=C\C[C@H]1C(C)C[C@@H](O)[C@@H]1/C=C/[C@@H](O)CCc1ccccc1. The van der Waals surface area contributed by atoms with Gasteiger partial charge in [0.15, 0.2) is 0 Å². The Morgan fingerprint density at radius 1 is 1.25 bits per heavy atom. The molecule has 1 unspecified atom stereocenters. The molecule has 1 aromatic rings. The Morgan fingerprint density at radius 2 is 2.00 bits per heavy atom. The van der Waals surface area contributed by atoms with E-state index >= 15 is 0 Å². The molecule has 1 aliphatic rings. The van der Waals surface area contributed by atoms with Gasteiger partial charge in [-0.3, -0.25) is 0 Å². The number of aliphatic hydroxyl groups is 2. The fourth-order valence-electron chi connectivity index (χ4n) is 4.19. The highest BCUT2D eigenvalue weighted by molar-refractivity contribution is 5.75. The van der Waals surface area contributed by atoms with Gasteiger partial charge in [-0.05, 0) is 62.8 Å². The predicted octanol–water partition coefficient (Wildman–Crippen LogP) is 4.88. The zero-order chi connectivity index (χ0) is 20.4. The minimum Gasteiger partial charge on any atom is -0.392 e. The fourth-order valence-corrected chi connectivity index (χ4v) is 4.19. The van der Waals surface area contributed by atoms with Crippen molar-refractivity contribution >= 4 is 5.78 Å². The lowest BCUT2D eigenvalue weighted by atomic mass is 9.86. The van der Waals surface area contributed by atoms with Gasteiger partial charge in [-0.2, -0.15) is 0 Å². The van der Waals surface area contributed by atoms with Crippen LogP contribution in [0, 0.1) is 17.8 Å². The van der Waals surface area contributed by atoms with Gasteiger partial charge in [-0.1, -0.05) is 61.6 Å². The van der Waals surface area contributed by atoms with E-state index in [0.717, 1.165) is 32.1 Å². The summed E-state index contributed by atoms with van der Waals surface area (Å²) in [6.07, 6.45) is 13.3. The number of unbranched alkanes of at least 4 members (excludes halogenated alkanes) is 1. The molecule has 2 N–H and O–H groups in total. The Bertz CT molecular complexity index is 634. The van der Waals surface area contributed by atoms with E-state index in [1.165, 1.54) is 5.56 Å². The summed E-state index contributed by atoms with van der Waals surface area (Å²) in [6.45, 7) is 3.84. The first-order chi connectivity index (χ1) is 13.5. The first-order valence-electron chi connectivity index (χ1n) is 10.7. The maximum atomic E-state index is 11.0. The Morgan fingerprint density at radius 3 is 2.71 bits per heavy atom. The Labute approximate surface area is 170 Å². The molecule has 154 valence electrons. The van der Waals surface area contributed by atoms with Crippen LogP contribution < -0.4 is 0 Å². The normalized spacial score (nSPS) is 26.3. The van der Waals surface area contributed by atoms with Gasteiger partial charge < -0.3 is 15.0 Å². The van der Waals surface area contributed by atoms with E-state index in [0.29, 0.717) is 24.7 Å². The number of benzene rings is 1. The van der Waals surface area contributed by atoms with Gasteiger partial charge in [0.05, 0.1) is 12.2 Å². The van der Waals surface area contributed by atoms with Crippen LogP contribution in [0.2, 0.25) is 0 Å². The number of hydrogen-bond acceptors (Lipinski definition) is 3. The van der Waals surface area contributed by atoms with Crippen molar-refractivity contribution in [3.63, 3.8) is 0 Å². The van der Waals surface area contributed by atoms with Crippen LogP contribution in [0.3, 0.4) is 0 Å². The molecule has 1 aliphatic carbocycles. The lowest BCUT2D eigenvalue weighted by Gasteiger charge is -2.20. The molecule has 1 aromatic carbocycles. The molecular formula is C25H36O3. The van der Waals surface area contributed by atoms with Gasteiger partial charge >= 0.3 is 0 Å². The molecule has 28 heavy (non-hydrogen) atoms. The third kappa shape index (κ3) is 7.73. The molecule has 0 saturated heterocycles. The quantitative estimate of drug-likeness (QED) is 0.422. The van der Waals surface area contributed by atoms with Crippen LogP contribution in [0.5, 0.6) is 0 Å². The Balaban J connectivity index is 1.82. The number of rotatable bonds is 11. The minimum atomic E-state index is -0.480. The topological polar surface area (TPSA) is 57.5 Å². The number of Topliss-reactive ketones (excluding diaryl/α,β-unsaturated/α-hetero) is 1. The molecule has 0 amide bonds. The average molecular weight is 385 g/mol. The lowest BCUT2D eigenvalue weighted by molar-refractivity contribution is -0.117. The fraction of sp³-hybridized carbons (Fsp3) is 0.560. The lowest BCUT2D eigenvalue weighted by Crippen LogP contribution is -2.18. The molecule has 2 rings (SSSR count). The molecule has 0 heterocycles. The summed E-state index contributed by atoms with van der Waals surface area (Å²) in [6, 6.07) is 10.2. The molecule has 1 fully saturated rings. The summed E-state index contributed by atoms with van der Waals surface area (Å²) >= 11 is 0. The van der Waals surface area contributed by atoms with Crippen molar-refractivity contribution in [1.29, 1.82) is 0 Å². The maximum absolute atomic E-state index is 11.0. The van der Waals surface area contributed by atoms with E-state index in [2.05, 4.69) is 31.2 Å². The third-order valence-electron chi connectivity index (χ3n) is 5.88. The van der Waals surface area contributed by atoms with Crippen molar-refractivity contribution in [2.24, 2.45) is 17.8 Å². The maximum Gasteiger partial charge on any atom is 0.129 e. The van der Waals surface area contributed by atoms with Crippen LogP contribution in [0.15, 0.2) is 54.6 Å². The Kier molecular flexibility index (Phi) is 9.66. The summed E-state index contributed by atoms with van der Waals surface area (Å²) < 4.78 is 0. The van der Waals surface area contributed by atoms with E-state index in [9.17, 15) is 15.0 Å². The highest BCUT2D eigenvalue weighted by Gasteiger charge is 2.37. The van der Waals surface area contributed by atoms with Crippen molar-refractivity contribution in [3.05, 3.63) is 60.2 Å². The average Bonchev–Trinajstić information content (AvgIpc) is 2.94. The van der Waals surface area contributed by atoms with Crippen molar-refractivity contribution in [2.75, 3.05) is 0 Å². The van der Waals surface area contributed by atoms with Crippen LogP contribution in [0.25, 0.3) is 0 Å². The third-order valence-corrected chi connectivity index (χ3v) is 5.88. The standard InChI is InChI=1S/C25H36O3/c1-19-18-25(28)24(23(19)13-9-4-3-6-10-20(2)26)17-16-22(27)15-14-21-11-7-5-8-12-21/h4-5,7-9,11-12,16-17,19,22-25,27-28H,3,6,10,13-15,18H2,1-2H3/b9-4-,17-16+/t19?,22-,23-,24+,25+/m0/s1. The van der Waals surface area contributed by atoms with Crippen LogP contribution in [-0.4, -0.2) is 28.2 Å². The summed E-state index contributed by atoms with van der Waals surface area (Å²) in [7, 11) is 0.